The summed E-state index contributed by atoms with van der Waals surface area (Å²) in [6.45, 7) is 2.73. The number of alkyl halides is 3. The Balaban J connectivity index is 1.75. The number of carbonyl (C=O) groups is 1. The van der Waals surface area contributed by atoms with Crippen LogP contribution in [-0.2, 0) is 28.8 Å². The van der Waals surface area contributed by atoms with Crippen LogP contribution in [0.5, 0.6) is 5.75 Å². The van der Waals surface area contributed by atoms with Gasteiger partial charge in [0, 0.05) is 19.2 Å². The van der Waals surface area contributed by atoms with Gasteiger partial charge in [-0.2, -0.15) is 0 Å². The first-order chi connectivity index (χ1) is 14.2. The summed E-state index contributed by atoms with van der Waals surface area (Å²) in [6, 6.07) is 9.04. The normalized spacial score (nSPS) is 15.2. The Labute approximate surface area is 172 Å². The molecule has 0 saturated carbocycles. The van der Waals surface area contributed by atoms with E-state index in [4.69, 9.17) is 4.74 Å². The van der Waals surface area contributed by atoms with E-state index in [9.17, 15) is 22.4 Å². The summed E-state index contributed by atoms with van der Waals surface area (Å²) in [5.74, 6) is -1.57. The molecule has 1 heterocycles. The molecule has 0 spiro atoms. The molecule has 3 rings (SSSR count). The molecular formula is C22H23F4NO3. The van der Waals surface area contributed by atoms with Gasteiger partial charge in [0.2, 0.25) is 0 Å². The molecule has 2 aromatic carbocycles. The third-order valence-corrected chi connectivity index (χ3v) is 5.21. The van der Waals surface area contributed by atoms with E-state index in [0.29, 0.717) is 32.4 Å². The zero-order valence-corrected chi connectivity index (χ0v) is 16.8. The zero-order valence-electron chi connectivity index (χ0n) is 16.8. The minimum atomic E-state index is -4.83. The lowest BCUT2D eigenvalue weighted by Crippen LogP contribution is -2.27. The fourth-order valence-corrected chi connectivity index (χ4v) is 3.72. The van der Waals surface area contributed by atoms with E-state index < -0.39 is 17.9 Å². The largest absolute Gasteiger partial charge is 0.573 e. The van der Waals surface area contributed by atoms with E-state index in [-0.39, 0.29) is 17.6 Å². The van der Waals surface area contributed by atoms with E-state index in [1.165, 1.54) is 7.11 Å². The highest BCUT2D eigenvalue weighted by Crippen LogP contribution is 2.31. The number of hydrogen-bond donors (Lipinski definition) is 0. The van der Waals surface area contributed by atoms with E-state index in [0.717, 1.165) is 34.9 Å². The summed E-state index contributed by atoms with van der Waals surface area (Å²) >= 11 is 0. The van der Waals surface area contributed by atoms with Gasteiger partial charge in [0.05, 0.1) is 18.7 Å². The van der Waals surface area contributed by atoms with E-state index in [2.05, 4.69) is 4.74 Å². The Morgan fingerprint density at radius 1 is 1.10 bits per heavy atom. The maximum absolute atomic E-state index is 14.3. The number of methoxy groups -OCH3 is 1. The first-order valence-electron chi connectivity index (χ1n) is 9.65. The van der Waals surface area contributed by atoms with Crippen LogP contribution in [0.2, 0.25) is 0 Å². The molecule has 0 amide bonds. The van der Waals surface area contributed by atoms with Crippen molar-refractivity contribution < 1.29 is 31.8 Å². The van der Waals surface area contributed by atoms with Crippen molar-refractivity contribution in [2.45, 2.75) is 32.5 Å². The van der Waals surface area contributed by atoms with E-state index >= 15 is 0 Å². The number of fused-ring (bicyclic) bond motifs is 1. The lowest BCUT2D eigenvalue weighted by atomic mass is 9.95. The molecule has 0 aliphatic carbocycles. The first-order valence-corrected chi connectivity index (χ1v) is 9.65. The molecule has 1 aliphatic rings. The van der Waals surface area contributed by atoms with Crippen molar-refractivity contribution in [3.8, 4) is 5.75 Å². The van der Waals surface area contributed by atoms with E-state index in [1.54, 1.807) is 11.8 Å². The number of ether oxygens (including phenoxy) is 2. The maximum Gasteiger partial charge on any atom is 0.573 e. The lowest BCUT2D eigenvalue weighted by Gasteiger charge is -2.24. The average molecular weight is 425 g/mol. The molecule has 0 aromatic heterocycles. The van der Waals surface area contributed by atoms with Crippen molar-refractivity contribution in [2.75, 3.05) is 25.1 Å². The molecule has 0 radical (unpaired) electrons. The highest BCUT2D eigenvalue weighted by Gasteiger charge is 2.31. The van der Waals surface area contributed by atoms with Crippen LogP contribution in [0.4, 0.5) is 23.2 Å². The summed E-state index contributed by atoms with van der Waals surface area (Å²) in [5.41, 5.74) is 3.29. The summed E-state index contributed by atoms with van der Waals surface area (Å²) in [5, 5.41) is 0. The predicted octanol–water partition coefficient (Wildman–Crippen LogP) is 4.68. The monoisotopic (exact) mass is 425 g/mol. The van der Waals surface area contributed by atoms with E-state index in [1.807, 2.05) is 18.2 Å². The van der Waals surface area contributed by atoms with Crippen LogP contribution in [-0.4, -0.2) is 32.5 Å². The van der Waals surface area contributed by atoms with Crippen molar-refractivity contribution >= 4 is 11.7 Å². The second-order valence-electron chi connectivity index (χ2n) is 7.38. The Kier molecular flexibility index (Phi) is 6.53. The van der Waals surface area contributed by atoms with Crippen molar-refractivity contribution in [1.29, 1.82) is 0 Å². The summed E-state index contributed by atoms with van der Waals surface area (Å²) in [7, 11) is 1.36. The standard InChI is InChI=1S/C22H23F4NO3/c1-14(21(28)29-2)11-15-3-4-16-7-9-27(10-8-17(16)12-15)20-13-18(5-6-19(20)23)30-22(24,25)26/h3-6,12-14H,7-11H2,1-2H3/t14-/m1/s1. The maximum atomic E-state index is 14.3. The minimum Gasteiger partial charge on any atom is -0.469 e. The van der Waals surface area contributed by atoms with Crippen molar-refractivity contribution in [1.82, 2.24) is 0 Å². The fourth-order valence-electron chi connectivity index (χ4n) is 3.72. The zero-order chi connectivity index (χ0) is 21.9. The number of halogens is 4. The average Bonchev–Trinajstić information content (AvgIpc) is 2.90. The van der Waals surface area contributed by atoms with Gasteiger partial charge in [-0.25, -0.2) is 4.39 Å². The van der Waals surface area contributed by atoms with Gasteiger partial charge < -0.3 is 14.4 Å². The van der Waals surface area contributed by atoms with Gasteiger partial charge in [0.15, 0.2) is 0 Å². The predicted molar refractivity (Wildman–Crippen MR) is 104 cm³/mol. The van der Waals surface area contributed by atoms with Crippen LogP contribution in [0.15, 0.2) is 36.4 Å². The van der Waals surface area contributed by atoms with Crippen LogP contribution < -0.4 is 9.64 Å². The number of rotatable bonds is 5. The topological polar surface area (TPSA) is 38.8 Å². The molecule has 0 bridgehead atoms. The number of hydrogen-bond acceptors (Lipinski definition) is 4. The highest BCUT2D eigenvalue weighted by atomic mass is 19.4. The number of nitrogens with zero attached hydrogens (tertiary/aromatic N) is 1. The molecular weight excluding hydrogens is 402 g/mol. The number of esters is 1. The van der Waals surface area contributed by atoms with Crippen LogP contribution in [0, 0.1) is 11.7 Å². The fraction of sp³-hybridized carbons (Fsp3) is 0.409. The summed E-state index contributed by atoms with van der Waals surface area (Å²) < 4.78 is 60.6. The molecule has 162 valence electrons. The molecule has 2 aromatic rings. The van der Waals surface area contributed by atoms with Gasteiger partial charge in [-0.1, -0.05) is 25.1 Å². The number of carbonyl (C=O) groups excluding carboxylic acids is 1. The van der Waals surface area contributed by atoms with Gasteiger partial charge >= 0.3 is 12.3 Å². The van der Waals surface area contributed by atoms with Gasteiger partial charge in [-0.3, -0.25) is 4.79 Å². The molecule has 0 saturated heterocycles. The Bertz CT molecular complexity index is 914. The Morgan fingerprint density at radius 2 is 1.80 bits per heavy atom. The van der Waals surface area contributed by atoms with Crippen molar-refractivity contribution in [2.24, 2.45) is 5.92 Å². The molecule has 1 atom stereocenters. The second-order valence-corrected chi connectivity index (χ2v) is 7.38. The van der Waals surface area contributed by atoms with Crippen LogP contribution in [0.25, 0.3) is 0 Å². The van der Waals surface area contributed by atoms with Crippen LogP contribution >= 0.6 is 0 Å². The quantitative estimate of drug-likeness (QED) is 0.515. The molecule has 8 heteroatoms. The minimum absolute atomic E-state index is 0.0871. The lowest BCUT2D eigenvalue weighted by molar-refractivity contribution is -0.274. The van der Waals surface area contributed by atoms with Gasteiger partial charge in [-0.05, 0) is 48.1 Å². The highest BCUT2D eigenvalue weighted by molar-refractivity contribution is 5.72. The summed E-state index contributed by atoms with van der Waals surface area (Å²) in [6.07, 6.45) is -3.04. The Hall–Kier alpha value is -2.77. The third-order valence-electron chi connectivity index (χ3n) is 5.21. The smallest absolute Gasteiger partial charge is 0.469 e. The molecule has 1 aliphatic heterocycles. The SMILES string of the molecule is COC(=O)[C@H](C)Cc1ccc2c(c1)CCN(c1cc(OC(F)(F)F)ccc1F)CC2. The summed E-state index contributed by atoms with van der Waals surface area (Å²) in [4.78, 5) is 13.4. The number of anilines is 1. The molecule has 0 unspecified atom stereocenters. The first kappa shape index (κ1) is 21.9. The van der Waals surface area contributed by atoms with Gasteiger partial charge in [0.1, 0.15) is 11.6 Å². The van der Waals surface area contributed by atoms with Gasteiger partial charge in [-0.15, -0.1) is 13.2 Å². The second kappa shape index (κ2) is 8.93. The molecule has 4 nitrogen and oxygen atoms in total. The third kappa shape index (κ3) is 5.43. The van der Waals surface area contributed by atoms with Crippen LogP contribution in [0.1, 0.15) is 23.6 Å². The Morgan fingerprint density at radius 3 is 2.47 bits per heavy atom. The van der Waals surface area contributed by atoms with Crippen LogP contribution in [0.3, 0.4) is 0 Å². The van der Waals surface area contributed by atoms with Crippen molar-refractivity contribution in [3.05, 3.63) is 58.9 Å². The van der Waals surface area contributed by atoms with Crippen molar-refractivity contribution in [3.63, 3.8) is 0 Å². The number of benzene rings is 2. The molecule has 0 fully saturated rings. The molecule has 30 heavy (non-hydrogen) atoms. The molecule has 0 N–H and O–H groups in total. The van der Waals surface area contributed by atoms with Gasteiger partial charge in [0.25, 0.3) is 0 Å².